The maximum Gasteiger partial charge on any atom is 0.293 e. The van der Waals surface area contributed by atoms with Crippen LogP contribution < -0.4 is 5.32 Å². The quantitative estimate of drug-likeness (QED) is 0.427. The fourth-order valence-corrected chi connectivity index (χ4v) is 5.68. The van der Waals surface area contributed by atoms with E-state index in [1.165, 1.54) is 35.6 Å². The number of nitrogens with one attached hydrogen (secondary N) is 1. The van der Waals surface area contributed by atoms with Gasteiger partial charge in [0.05, 0.1) is 4.91 Å². The van der Waals surface area contributed by atoms with E-state index in [-0.39, 0.29) is 29.4 Å². The predicted octanol–water partition coefficient (Wildman–Crippen LogP) is 6.04. The Bertz CT molecular complexity index is 1310. The van der Waals surface area contributed by atoms with Gasteiger partial charge >= 0.3 is 0 Å². The van der Waals surface area contributed by atoms with Crippen molar-refractivity contribution in [3.8, 4) is 0 Å². The first-order valence-corrected chi connectivity index (χ1v) is 12.7. The lowest BCUT2D eigenvalue weighted by molar-refractivity contribution is -0.123. The number of para-hydroxylation sites is 1. The van der Waals surface area contributed by atoms with Crippen molar-refractivity contribution in [3.63, 3.8) is 0 Å². The summed E-state index contributed by atoms with van der Waals surface area (Å²) in [4.78, 5) is 40.1. The highest BCUT2D eigenvalue weighted by atomic mass is 32.2. The molecule has 3 amide bonds. The molecule has 0 spiro atoms. The van der Waals surface area contributed by atoms with Gasteiger partial charge in [0.1, 0.15) is 12.4 Å². The van der Waals surface area contributed by atoms with Gasteiger partial charge < -0.3 is 9.88 Å². The molecule has 3 aromatic rings. The van der Waals surface area contributed by atoms with Crippen LogP contribution in [0.2, 0.25) is 0 Å². The number of benzene rings is 2. The number of imide groups is 1. The number of carbonyl (C=O) groups excluding carboxylic acids is 3. The van der Waals surface area contributed by atoms with Crippen molar-refractivity contribution in [2.45, 2.75) is 38.6 Å². The van der Waals surface area contributed by atoms with E-state index in [0.29, 0.717) is 23.1 Å². The fourth-order valence-electron chi connectivity index (χ4n) is 4.84. The van der Waals surface area contributed by atoms with Gasteiger partial charge in [0.25, 0.3) is 11.1 Å². The van der Waals surface area contributed by atoms with Gasteiger partial charge in [-0.25, -0.2) is 4.39 Å². The van der Waals surface area contributed by atoms with Gasteiger partial charge in [-0.15, -0.1) is 0 Å². The van der Waals surface area contributed by atoms with Crippen molar-refractivity contribution in [2.75, 3.05) is 11.9 Å². The fraction of sp³-hybridized carbons (Fsp3) is 0.296. The zero-order valence-electron chi connectivity index (χ0n) is 19.2. The summed E-state index contributed by atoms with van der Waals surface area (Å²) in [6.07, 6.45) is 9.25. The number of aromatic nitrogens is 1. The third kappa shape index (κ3) is 5.17. The van der Waals surface area contributed by atoms with Crippen molar-refractivity contribution in [3.05, 3.63) is 71.0 Å². The highest BCUT2D eigenvalue weighted by Gasteiger charge is 2.36. The summed E-state index contributed by atoms with van der Waals surface area (Å²) >= 11 is 0.979. The molecule has 1 saturated carbocycles. The minimum atomic E-state index is -0.368. The Morgan fingerprint density at radius 3 is 2.57 bits per heavy atom. The first-order chi connectivity index (χ1) is 17.0. The molecule has 0 unspecified atom stereocenters. The number of rotatable bonds is 6. The van der Waals surface area contributed by atoms with E-state index in [1.54, 1.807) is 6.08 Å². The number of hydrogen-bond donors (Lipinski definition) is 1. The molecular formula is C27H26FN3O3S. The average molecular weight is 492 g/mol. The largest absolute Gasteiger partial charge is 0.337 e. The molecule has 0 radical (unpaired) electrons. The summed E-state index contributed by atoms with van der Waals surface area (Å²) in [6, 6.07) is 13.2. The van der Waals surface area contributed by atoms with E-state index in [1.807, 2.05) is 35.0 Å². The predicted molar refractivity (Wildman–Crippen MR) is 136 cm³/mol. The van der Waals surface area contributed by atoms with Crippen molar-refractivity contribution in [1.82, 2.24) is 9.47 Å². The van der Waals surface area contributed by atoms with E-state index >= 15 is 0 Å². The second kappa shape index (κ2) is 10.1. The van der Waals surface area contributed by atoms with E-state index in [2.05, 4.69) is 5.32 Å². The molecule has 2 heterocycles. The Balaban J connectivity index is 1.36. The number of nitrogens with zero attached hydrogens (tertiary/aromatic N) is 2. The van der Waals surface area contributed by atoms with Gasteiger partial charge in [0.2, 0.25) is 5.91 Å². The number of halogens is 1. The Kier molecular flexibility index (Phi) is 6.72. The Morgan fingerprint density at radius 2 is 1.80 bits per heavy atom. The van der Waals surface area contributed by atoms with Crippen LogP contribution in [0.25, 0.3) is 17.0 Å². The summed E-state index contributed by atoms with van der Waals surface area (Å²) in [7, 11) is 0. The number of anilines is 1. The highest BCUT2D eigenvalue weighted by molar-refractivity contribution is 8.18. The molecule has 0 atom stereocenters. The lowest BCUT2D eigenvalue weighted by Crippen LogP contribution is -2.34. The minimum absolute atomic E-state index is 0.0505. The Hall–Kier alpha value is -3.39. The number of thioether (sulfide) groups is 1. The topological polar surface area (TPSA) is 71.4 Å². The first kappa shape index (κ1) is 23.4. The molecule has 1 aliphatic heterocycles. The summed E-state index contributed by atoms with van der Waals surface area (Å²) in [5, 5.41) is 3.45. The van der Waals surface area contributed by atoms with Crippen molar-refractivity contribution >= 4 is 51.5 Å². The van der Waals surface area contributed by atoms with Crippen LogP contribution in [-0.2, 0) is 16.1 Å². The molecule has 2 aromatic carbocycles. The molecule has 6 nitrogen and oxygen atoms in total. The molecule has 2 aliphatic rings. The van der Waals surface area contributed by atoms with Crippen LogP contribution in [0.3, 0.4) is 0 Å². The van der Waals surface area contributed by atoms with Crippen molar-refractivity contribution in [1.29, 1.82) is 0 Å². The molecule has 1 saturated heterocycles. The smallest absolute Gasteiger partial charge is 0.293 e. The highest BCUT2D eigenvalue weighted by Crippen LogP contribution is 2.36. The monoisotopic (exact) mass is 491 g/mol. The second-order valence-electron chi connectivity index (χ2n) is 9.08. The van der Waals surface area contributed by atoms with Gasteiger partial charge in [-0.05, 0) is 66.9 Å². The van der Waals surface area contributed by atoms with Crippen LogP contribution in [0.1, 0.15) is 37.7 Å². The second-order valence-corrected chi connectivity index (χ2v) is 10.1. The standard InChI is InChI=1S/C27H26FN3O3S/c28-20-10-12-21(13-11-20)29-25(32)17-30-16-19(22-8-4-5-9-23(22)30)14-24-26(33)31(27(34)35-24)15-18-6-2-1-3-7-18/h4-5,8-14,16,18H,1-3,6-7,15,17H2,(H,29,32)/b24-14+. The first-order valence-electron chi connectivity index (χ1n) is 11.9. The molecule has 35 heavy (non-hydrogen) atoms. The number of fused-ring (bicyclic) bond motifs is 1. The van der Waals surface area contributed by atoms with Crippen molar-refractivity contribution in [2.24, 2.45) is 5.92 Å². The summed E-state index contributed by atoms with van der Waals surface area (Å²) in [5.41, 5.74) is 2.13. The van der Waals surface area contributed by atoms with E-state index < -0.39 is 0 Å². The van der Waals surface area contributed by atoms with E-state index in [0.717, 1.165) is 53.9 Å². The third-order valence-corrected chi connectivity index (χ3v) is 7.49. The molecule has 0 bridgehead atoms. The summed E-state index contributed by atoms with van der Waals surface area (Å²) in [5.74, 6) is -0.474. The molecular weight excluding hydrogens is 465 g/mol. The van der Waals surface area contributed by atoms with Gasteiger partial charge in [0, 0.05) is 34.9 Å². The molecule has 180 valence electrons. The van der Waals surface area contributed by atoms with Crippen LogP contribution >= 0.6 is 11.8 Å². The third-order valence-electron chi connectivity index (χ3n) is 6.59. The number of amides is 3. The lowest BCUT2D eigenvalue weighted by Gasteiger charge is -2.25. The van der Waals surface area contributed by atoms with Gasteiger partial charge in [-0.3, -0.25) is 19.3 Å². The zero-order chi connectivity index (χ0) is 24.4. The van der Waals surface area contributed by atoms with Crippen LogP contribution in [-0.4, -0.2) is 33.1 Å². The van der Waals surface area contributed by atoms with E-state index in [4.69, 9.17) is 0 Å². The van der Waals surface area contributed by atoms with Crippen molar-refractivity contribution < 1.29 is 18.8 Å². The number of hydrogen-bond acceptors (Lipinski definition) is 4. The normalized spacial score (nSPS) is 18.1. The Morgan fingerprint density at radius 1 is 1.06 bits per heavy atom. The maximum atomic E-state index is 13.1. The van der Waals surface area contributed by atoms with Crippen LogP contribution in [0.5, 0.6) is 0 Å². The number of carbonyl (C=O) groups is 3. The molecule has 1 aliphatic carbocycles. The van der Waals surface area contributed by atoms with Gasteiger partial charge in [0.15, 0.2) is 0 Å². The van der Waals surface area contributed by atoms with Crippen LogP contribution in [0.4, 0.5) is 14.9 Å². The van der Waals surface area contributed by atoms with E-state index in [9.17, 15) is 18.8 Å². The molecule has 8 heteroatoms. The van der Waals surface area contributed by atoms with Gasteiger partial charge in [-0.1, -0.05) is 37.5 Å². The van der Waals surface area contributed by atoms with Crippen LogP contribution in [0.15, 0.2) is 59.6 Å². The lowest BCUT2D eigenvalue weighted by atomic mass is 9.89. The summed E-state index contributed by atoms with van der Waals surface area (Å²) < 4.78 is 14.9. The average Bonchev–Trinajstić information content (AvgIpc) is 3.33. The summed E-state index contributed by atoms with van der Waals surface area (Å²) in [6.45, 7) is 0.544. The molecule has 1 aromatic heterocycles. The van der Waals surface area contributed by atoms with Crippen LogP contribution in [0, 0.1) is 11.7 Å². The molecule has 5 rings (SSSR count). The maximum absolute atomic E-state index is 13.1. The zero-order valence-corrected chi connectivity index (χ0v) is 20.0. The Labute approximate surface area is 207 Å². The SMILES string of the molecule is O=C(Cn1cc(/C=C2/SC(=O)N(CC3CCCCC3)C2=O)c2ccccc21)Nc1ccc(F)cc1. The molecule has 1 N–H and O–H groups in total. The minimum Gasteiger partial charge on any atom is -0.337 e. The van der Waals surface area contributed by atoms with Gasteiger partial charge in [-0.2, -0.15) is 0 Å². The molecule has 2 fully saturated rings.